The van der Waals surface area contributed by atoms with Crippen molar-refractivity contribution in [2.75, 3.05) is 6.54 Å². The van der Waals surface area contributed by atoms with Crippen LogP contribution in [0, 0.1) is 0 Å². The average Bonchev–Trinajstić information content (AvgIpc) is 2.42. The summed E-state index contributed by atoms with van der Waals surface area (Å²) in [5, 5.41) is 8.06. The number of rotatable bonds is 4. The molecule has 0 unspecified atom stereocenters. The van der Waals surface area contributed by atoms with Gasteiger partial charge in [0.15, 0.2) is 0 Å². The van der Waals surface area contributed by atoms with Crippen molar-refractivity contribution in [3.8, 4) is 0 Å². The molecule has 0 aliphatic heterocycles. The molecule has 2 aromatic carbocycles. The molecule has 2 aromatic rings. The molecule has 2 N–H and O–H groups in total. The van der Waals surface area contributed by atoms with E-state index in [9.17, 15) is 4.79 Å². The van der Waals surface area contributed by atoms with Crippen molar-refractivity contribution in [3.63, 3.8) is 0 Å². The third-order valence-electron chi connectivity index (χ3n) is 2.80. The van der Waals surface area contributed by atoms with Crippen LogP contribution in [0.15, 0.2) is 42.5 Å². The van der Waals surface area contributed by atoms with Crippen LogP contribution in [-0.4, -0.2) is 12.6 Å². The maximum Gasteiger partial charge on any atom is 0.315 e. The minimum Gasteiger partial charge on any atom is -0.338 e. The van der Waals surface area contributed by atoms with Gasteiger partial charge in [-0.2, -0.15) is 0 Å². The molecule has 0 aliphatic rings. The fraction of sp³-hybridized carbons (Fsp3) is 0.267. The molecule has 18 heavy (non-hydrogen) atoms. The summed E-state index contributed by atoms with van der Waals surface area (Å²) in [6.07, 6.45) is 0.948. The van der Waals surface area contributed by atoms with Crippen molar-refractivity contribution in [3.05, 3.63) is 48.0 Å². The Morgan fingerprint density at radius 1 is 1.06 bits per heavy atom. The number of carbonyl (C=O) groups excluding carboxylic acids is 1. The highest BCUT2D eigenvalue weighted by atomic mass is 16.2. The summed E-state index contributed by atoms with van der Waals surface area (Å²) in [4.78, 5) is 11.4. The molecule has 3 heteroatoms. The van der Waals surface area contributed by atoms with Gasteiger partial charge in [-0.1, -0.05) is 43.3 Å². The second-order valence-electron chi connectivity index (χ2n) is 4.29. The summed E-state index contributed by atoms with van der Waals surface area (Å²) < 4.78 is 0. The number of hydrogen-bond acceptors (Lipinski definition) is 1. The van der Waals surface area contributed by atoms with Crippen molar-refractivity contribution >= 4 is 16.8 Å². The lowest BCUT2D eigenvalue weighted by atomic mass is 10.1. The van der Waals surface area contributed by atoms with E-state index in [1.807, 2.05) is 25.1 Å². The maximum atomic E-state index is 11.4. The zero-order chi connectivity index (χ0) is 12.8. The van der Waals surface area contributed by atoms with Crippen LogP contribution in [0.4, 0.5) is 4.79 Å². The normalized spacial score (nSPS) is 10.3. The van der Waals surface area contributed by atoms with Crippen LogP contribution in [0.2, 0.25) is 0 Å². The van der Waals surface area contributed by atoms with E-state index >= 15 is 0 Å². The third-order valence-corrected chi connectivity index (χ3v) is 2.80. The van der Waals surface area contributed by atoms with Crippen molar-refractivity contribution in [2.45, 2.75) is 19.9 Å². The van der Waals surface area contributed by atoms with E-state index in [0.29, 0.717) is 13.1 Å². The Hall–Kier alpha value is -2.03. The zero-order valence-electron chi connectivity index (χ0n) is 10.6. The lowest BCUT2D eigenvalue weighted by molar-refractivity contribution is 0.240. The Morgan fingerprint density at radius 2 is 1.83 bits per heavy atom. The van der Waals surface area contributed by atoms with Crippen LogP contribution in [0.25, 0.3) is 10.8 Å². The lowest BCUT2D eigenvalue weighted by Crippen LogP contribution is -2.35. The van der Waals surface area contributed by atoms with Crippen LogP contribution < -0.4 is 10.6 Å². The standard InChI is InChI=1S/C15H18N2O/c1-2-9-16-15(18)17-11-12-7-8-13-5-3-4-6-14(13)10-12/h3-8,10H,2,9,11H2,1H3,(H2,16,17,18). The number of benzene rings is 2. The van der Waals surface area contributed by atoms with E-state index in [0.717, 1.165) is 12.0 Å². The highest BCUT2D eigenvalue weighted by molar-refractivity contribution is 5.83. The van der Waals surface area contributed by atoms with Gasteiger partial charge in [-0.3, -0.25) is 0 Å². The van der Waals surface area contributed by atoms with Crippen molar-refractivity contribution < 1.29 is 4.79 Å². The Kier molecular flexibility index (Phi) is 4.18. The monoisotopic (exact) mass is 242 g/mol. The first-order valence-corrected chi connectivity index (χ1v) is 6.29. The molecule has 0 bridgehead atoms. The van der Waals surface area contributed by atoms with E-state index in [-0.39, 0.29) is 6.03 Å². The first-order valence-electron chi connectivity index (χ1n) is 6.29. The lowest BCUT2D eigenvalue weighted by Gasteiger charge is -2.07. The summed E-state index contributed by atoms with van der Waals surface area (Å²) in [6.45, 7) is 3.30. The molecule has 94 valence electrons. The van der Waals surface area contributed by atoms with Gasteiger partial charge in [0.25, 0.3) is 0 Å². The van der Waals surface area contributed by atoms with Crippen LogP contribution in [0.5, 0.6) is 0 Å². The molecule has 0 radical (unpaired) electrons. The molecule has 2 rings (SSSR count). The molecule has 0 fully saturated rings. The number of urea groups is 1. The maximum absolute atomic E-state index is 11.4. The Bertz CT molecular complexity index is 537. The SMILES string of the molecule is CCCNC(=O)NCc1ccc2ccccc2c1. The highest BCUT2D eigenvalue weighted by Gasteiger charge is 2.00. The summed E-state index contributed by atoms with van der Waals surface area (Å²) in [6, 6.07) is 14.3. The number of nitrogens with one attached hydrogen (secondary N) is 2. The van der Waals surface area contributed by atoms with E-state index in [1.165, 1.54) is 10.8 Å². The molecular weight excluding hydrogens is 224 g/mol. The molecule has 0 spiro atoms. The molecule has 2 amide bonds. The Morgan fingerprint density at radius 3 is 2.61 bits per heavy atom. The minimum atomic E-state index is -0.106. The number of fused-ring (bicyclic) bond motifs is 1. The fourth-order valence-corrected chi connectivity index (χ4v) is 1.83. The van der Waals surface area contributed by atoms with Crippen LogP contribution in [0.3, 0.4) is 0 Å². The Balaban J connectivity index is 1.97. The van der Waals surface area contributed by atoms with Gasteiger partial charge in [-0.25, -0.2) is 4.79 Å². The second kappa shape index (κ2) is 6.05. The van der Waals surface area contributed by atoms with Gasteiger partial charge in [-0.15, -0.1) is 0 Å². The third kappa shape index (κ3) is 3.23. The second-order valence-corrected chi connectivity index (χ2v) is 4.29. The van der Waals surface area contributed by atoms with E-state index < -0.39 is 0 Å². The summed E-state index contributed by atoms with van der Waals surface area (Å²) in [5.74, 6) is 0. The molecular formula is C15H18N2O. The first kappa shape index (κ1) is 12.4. The number of hydrogen-bond donors (Lipinski definition) is 2. The van der Waals surface area contributed by atoms with Gasteiger partial charge in [0.2, 0.25) is 0 Å². The fourth-order valence-electron chi connectivity index (χ4n) is 1.83. The van der Waals surface area contributed by atoms with Crippen molar-refractivity contribution in [1.29, 1.82) is 0 Å². The van der Waals surface area contributed by atoms with Crippen LogP contribution in [-0.2, 0) is 6.54 Å². The smallest absolute Gasteiger partial charge is 0.315 e. The summed E-state index contributed by atoms with van der Waals surface area (Å²) >= 11 is 0. The highest BCUT2D eigenvalue weighted by Crippen LogP contribution is 2.15. The topological polar surface area (TPSA) is 41.1 Å². The predicted molar refractivity (Wildman–Crippen MR) is 74.5 cm³/mol. The molecule has 0 aliphatic carbocycles. The largest absolute Gasteiger partial charge is 0.338 e. The van der Waals surface area contributed by atoms with Crippen molar-refractivity contribution in [1.82, 2.24) is 10.6 Å². The van der Waals surface area contributed by atoms with Crippen LogP contribution >= 0.6 is 0 Å². The van der Waals surface area contributed by atoms with Gasteiger partial charge in [0.05, 0.1) is 0 Å². The van der Waals surface area contributed by atoms with Crippen molar-refractivity contribution in [2.24, 2.45) is 0 Å². The van der Waals surface area contributed by atoms with E-state index in [4.69, 9.17) is 0 Å². The Labute approximate surface area is 107 Å². The van der Waals surface area contributed by atoms with E-state index in [2.05, 4.69) is 34.9 Å². The zero-order valence-corrected chi connectivity index (χ0v) is 10.6. The summed E-state index contributed by atoms with van der Waals surface area (Å²) in [5.41, 5.74) is 1.11. The summed E-state index contributed by atoms with van der Waals surface area (Å²) in [7, 11) is 0. The molecule has 0 saturated carbocycles. The van der Waals surface area contributed by atoms with E-state index in [1.54, 1.807) is 0 Å². The first-order chi connectivity index (χ1) is 8.79. The van der Waals surface area contributed by atoms with Gasteiger partial charge < -0.3 is 10.6 Å². The molecule has 0 aromatic heterocycles. The number of carbonyl (C=O) groups is 1. The number of amides is 2. The van der Waals surface area contributed by atoms with Gasteiger partial charge in [0, 0.05) is 13.1 Å². The molecule has 0 saturated heterocycles. The molecule has 0 heterocycles. The minimum absolute atomic E-state index is 0.106. The van der Waals surface area contributed by atoms with Gasteiger partial charge in [-0.05, 0) is 28.8 Å². The molecule has 3 nitrogen and oxygen atoms in total. The quantitative estimate of drug-likeness (QED) is 0.850. The van der Waals surface area contributed by atoms with Crippen LogP contribution in [0.1, 0.15) is 18.9 Å². The van der Waals surface area contributed by atoms with Gasteiger partial charge in [0.1, 0.15) is 0 Å². The molecule has 0 atom stereocenters. The van der Waals surface area contributed by atoms with Gasteiger partial charge >= 0.3 is 6.03 Å². The average molecular weight is 242 g/mol. The predicted octanol–water partition coefficient (Wildman–Crippen LogP) is 3.05.